The van der Waals surface area contributed by atoms with E-state index < -0.39 is 17.8 Å². The van der Waals surface area contributed by atoms with Gasteiger partial charge in [-0.15, -0.1) is 11.3 Å². The van der Waals surface area contributed by atoms with Crippen LogP contribution in [0.15, 0.2) is 12.1 Å². The lowest BCUT2D eigenvalue weighted by molar-refractivity contribution is 0.0522. The van der Waals surface area contributed by atoms with Crippen molar-refractivity contribution in [3.05, 3.63) is 43.7 Å². The number of benzene rings is 1. The number of halogens is 2. The van der Waals surface area contributed by atoms with Crippen molar-refractivity contribution in [3.63, 3.8) is 0 Å². The molecule has 30 heavy (non-hydrogen) atoms. The average molecular weight is 476 g/mol. The van der Waals surface area contributed by atoms with Crippen LogP contribution < -0.4 is 5.32 Å². The highest BCUT2D eigenvalue weighted by Gasteiger charge is 2.30. The third-order valence-electron chi connectivity index (χ3n) is 3.74. The minimum Gasteiger partial charge on any atom is -0.505 e. The second-order valence-electron chi connectivity index (χ2n) is 5.73. The van der Waals surface area contributed by atoms with E-state index in [2.05, 4.69) is 5.32 Å². The highest BCUT2D eigenvalue weighted by molar-refractivity contribution is 7.18. The number of carbonyl (C=O) groups excluding carboxylic acids is 3. The lowest BCUT2D eigenvalue weighted by Crippen LogP contribution is -2.16. The molecule has 0 saturated heterocycles. The molecule has 0 aliphatic carbocycles. The van der Waals surface area contributed by atoms with Crippen molar-refractivity contribution in [2.45, 2.75) is 20.5 Å². The van der Waals surface area contributed by atoms with Gasteiger partial charge >= 0.3 is 11.9 Å². The number of hydrogen-bond donors (Lipinski definition) is 2. The molecule has 1 amide bonds. The molecule has 1 heterocycles. The van der Waals surface area contributed by atoms with Crippen molar-refractivity contribution in [3.8, 4) is 5.75 Å². The number of ether oxygens (including phenoxy) is 3. The maximum Gasteiger partial charge on any atom is 0.348 e. The number of esters is 2. The summed E-state index contributed by atoms with van der Waals surface area (Å²) < 4.78 is 15.3. The van der Waals surface area contributed by atoms with E-state index in [0.717, 1.165) is 11.3 Å². The van der Waals surface area contributed by atoms with Crippen molar-refractivity contribution >= 4 is 57.4 Å². The fourth-order valence-corrected chi connectivity index (χ4v) is 4.06. The number of phenols is 1. The van der Waals surface area contributed by atoms with Gasteiger partial charge in [-0.25, -0.2) is 9.59 Å². The molecule has 162 valence electrons. The number of carbonyl (C=O) groups is 3. The van der Waals surface area contributed by atoms with Gasteiger partial charge in [0.15, 0.2) is 5.75 Å². The Morgan fingerprint density at radius 1 is 1.07 bits per heavy atom. The van der Waals surface area contributed by atoms with Crippen LogP contribution in [0.3, 0.4) is 0 Å². The largest absolute Gasteiger partial charge is 0.505 e. The molecule has 0 saturated carbocycles. The highest BCUT2D eigenvalue weighted by Crippen LogP contribution is 2.37. The SMILES string of the molecule is CCOC(=O)c1sc(NC(=O)c2cc(Cl)c(O)c(Cl)c2)c(C(=O)OCC)c1COC. The molecule has 0 radical (unpaired) electrons. The molecule has 0 fully saturated rings. The number of aromatic hydroxyl groups is 1. The normalized spacial score (nSPS) is 10.6. The number of nitrogens with one attached hydrogen (secondary N) is 1. The molecule has 2 aromatic rings. The van der Waals surface area contributed by atoms with Crippen LogP contribution in [0, 0.1) is 0 Å². The summed E-state index contributed by atoms with van der Waals surface area (Å²) >= 11 is 12.6. The standard InChI is InChI=1S/C19H19Cl2NO7S/c1-4-28-18(25)13-10(8-27-3)15(19(26)29-5-2)30-17(13)22-16(24)9-6-11(20)14(23)12(21)7-9/h6-7,23H,4-5,8H2,1-3H3,(H,22,24). The zero-order valence-electron chi connectivity index (χ0n) is 16.3. The first-order chi connectivity index (χ1) is 14.2. The summed E-state index contributed by atoms with van der Waals surface area (Å²) in [6, 6.07) is 2.44. The quantitative estimate of drug-likeness (QED) is 0.539. The van der Waals surface area contributed by atoms with Crippen LogP contribution >= 0.6 is 34.5 Å². The highest BCUT2D eigenvalue weighted by atomic mass is 35.5. The molecule has 0 unspecified atom stereocenters. The Kier molecular flexibility index (Phi) is 8.48. The number of anilines is 1. The van der Waals surface area contributed by atoms with Gasteiger partial charge in [0.25, 0.3) is 5.91 Å². The van der Waals surface area contributed by atoms with E-state index in [1.807, 2.05) is 0 Å². The van der Waals surface area contributed by atoms with Gasteiger partial charge in [-0.05, 0) is 26.0 Å². The number of thiophene rings is 1. The minimum absolute atomic E-state index is 0.00363. The predicted octanol–water partition coefficient (Wildman–Crippen LogP) is 4.51. The van der Waals surface area contributed by atoms with Gasteiger partial charge in [0.2, 0.25) is 0 Å². The third kappa shape index (κ3) is 5.23. The number of hydrogen-bond acceptors (Lipinski definition) is 8. The monoisotopic (exact) mass is 475 g/mol. The molecule has 0 bridgehead atoms. The Morgan fingerprint density at radius 2 is 1.63 bits per heavy atom. The summed E-state index contributed by atoms with van der Waals surface area (Å²) in [6.07, 6.45) is 0. The molecule has 11 heteroatoms. The summed E-state index contributed by atoms with van der Waals surface area (Å²) in [4.78, 5) is 37.8. The lowest BCUT2D eigenvalue weighted by atomic mass is 10.1. The Balaban J connectivity index is 2.54. The molecule has 2 N–H and O–H groups in total. The van der Waals surface area contributed by atoms with E-state index in [1.165, 1.54) is 19.2 Å². The van der Waals surface area contributed by atoms with Crippen LogP contribution in [-0.4, -0.2) is 43.3 Å². The molecule has 0 aliphatic rings. The second-order valence-corrected chi connectivity index (χ2v) is 7.57. The fraction of sp³-hybridized carbons (Fsp3) is 0.316. The fourth-order valence-electron chi connectivity index (χ4n) is 2.49. The number of methoxy groups -OCH3 is 1. The van der Waals surface area contributed by atoms with E-state index in [1.54, 1.807) is 13.8 Å². The van der Waals surface area contributed by atoms with E-state index in [0.29, 0.717) is 0 Å². The Labute approximate surface area is 186 Å². The smallest absolute Gasteiger partial charge is 0.348 e. The molecule has 8 nitrogen and oxygen atoms in total. The zero-order chi connectivity index (χ0) is 22.4. The zero-order valence-corrected chi connectivity index (χ0v) is 18.7. The van der Waals surface area contributed by atoms with Crippen LogP contribution in [0.5, 0.6) is 5.75 Å². The summed E-state index contributed by atoms with van der Waals surface area (Å²) in [5.74, 6) is -2.40. The van der Waals surface area contributed by atoms with Crippen molar-refractivity contribution in [2.24, 2.45) is 0 Å². The first kappa shape index (κ1) is 23.9. The molecule has 1 aromatic carbocycles. The first-order valence-corrected chi connectivity index (χ1v) is 10.3. The van der Waals surface area contributed by atoms with Crippen molar-refractivity contribution in [2.75, 3.05) is 25.6 Å². The predicted molar refractivity (Wildman–Crippen MR) is 113 cm³/mol. The van der Waals surface area contributed by atoms with Gasteiger partial charge in [-0.3, -0.25) is 4.79 Å². The summed E-state index contributed by atoms with van der Waals surface area (Å²) in [5, 5.41) is 12.1. The van der Waals surface area contributed by atoms with Gasteiger partial charge < -0.3 is 24.6 Å². The number of rotatable bonds is 8. The van der Waals surface area contributed by atoms with Gasteiger partial charge in [0.1, 0.15) is 15.4 Å². The molecule has 2 rings (SSSR count). The molecule has 1 aromatic heterocycles. The maximum absolute atomic E-state index is 12.7. The van der Waals surface area contributed by atoms with Crippen LogP contribution in [0.1, 0.15) is 49.8 Å². The lowest BCUT2D eigenvalue weighted by Gasteiger charge is -2.09. The second kappa shape index (κ2) is 10.6. The topological polar surface area (TPSA) is 111 Å². The summed E-state index contributed by atoms with van der Waals surface area (Å²) in [5.41, 5.74) is 0.282. The first-order valence-electron chi connectivity index (χ1n) is 8.73. The van der Waals surface area contributed by atoms with E-state index in [9.17, 15) is 19.5 Å². The number of phenolic OH excluding ortho intramolecular Hbond substituents is 1. The van der Waals surface area contributed by atoms with Gasteiger partial charge in [-0.1, -0.05) is 23.2 Å². The summed E-state index contributed by atoms with van der Waals surface area (Å²) in [7, 11) is 1.40. The van der Waals surface area contributed by atoms with Crippen LogP contribution in [0.2, 0.25) is 10.0 Å². The van der Waals surface area contributed by atoms with Crippen molar-refractivity contribution < 1.29 is 33.7 Å². The third-order valence-corrected chi connectivity index (χ3v) is 5.45. The Hall–Kier alpha value is -2.33. The average Bonchev–Trinajstić information content (AvgIpc) is 3.04. The van der Waals surface area contributed by atoms with Crippen molar-refractivity contribution in [1.29, 1.82) is 0 Å². The van der Waals surface area contributed by atoms with E-state index in [-0.39, 0.29) is 62.2 Å². The van der Waals surface area contributed by atoms with Crippen molar-refractivity contribution in [1.82, 2.24) is 0 Å². The minimum atomic E-state index is -0.728. The van der Waals surface area contributed by atoms with Crippen LogP contribution in [0.4, 0.5) is 5.00 Å². The molecule has 0 spiro atoms. The van der Waals surface area contributed by atoms with Gasteiger partial charge in [0.05, 0.1) is 29.9 Å². The van der Waals surface area contributed by atoms with Gasteiger partial charge in [0, 0.05) is 18.2 Å². The van der Waals surface area contributed by atoms with Crippen LogP contribution in [-0.2, 0) is 20.8 Å². The maximum atomic E-state index is 12.7. The van der Waals surface area contributed by atoms with E-state index in [4.69, 9.17) is 37.4 Å². The molecule has 0 aliphatic heterocycles. The molecule has 0 atom stereocenters. The van der Waals surface area contributed by atoms with E-state index >= 15 is 0 Å². The molecular weight excluding hydrogens is 457 g/mol. The Morgan fingerprint density at radius 3 is 2.17 bits per heavy atom. The van der Waals surface area contributed by atoms with Gasteiger partial charge in [-0.2, -0.15) is 0 Å². The Bertz CT molecular complexity index is 951. The summed E-state index contributed by atoms with van der Waals surface area (Å²) in [6.45, 7) is 3.42. The van der Waals surface area contributed by atoms with Crippen LogP contribution in [0.25, 0.3) is 0 Å². The number of amides is 1. The molecular formula is C19H19Cl2NO7S.